The van der Waals surface area contributed by atoms with E-state index in [1.54, 1.807) is 20.0 Å². The molecular weight excluding hydrogens is 300 g/mol. The van der Waals surface area contributed by atoms with E-state index in [9.17, 15) is 14.4 Å². The number of likely N-dealkylation sites (N-methyl/N-ethyl adjacent to an activating group) is 1. The molecule has 0 fully saturated rings. The van der Waals surface area contributed by atoms with Crippen LogP contribution in [0.1, 0.15) is 42.6 Å². The number of carbonyl (C=O) groups is 3. The summed E-state index contributed by atoms with van der Waals surface area (Å²) in [5.74, 6) is -0.0854. The van der Waals surface area contributed by atoms with Gasteiger partial charge in [0, 0.05) is 14.0 Å². The zero-order valence-corrected chi connectivity index (χ0v) is 14.4. The van der Waals surface area contributed by atoms with Crippen LogP contribution in [0.2, 0.25) is 0 Å². The fourth-order valence-electron chi connectivity index (χ4n) is 2.22. The number of hydrogen-bond donors (Lipinski definition) is 1. The van der Waals surface area contributed by atoms with Gasteiger partial charge in [-0.15, -0.1) is 0 Å². The Morgan fingerprint density at radius 1 is 1.35 bits per heavy atom. The SMILES string of the molecule is COC(=O)c1cc(CN(C)C(=O)[C@H](NC(C)=O)C(C)C)oc1C. The van der Waals surface area contributed by atoms with Crippen LogP contribution in [0.25, 0.3) is 0 Å². The lowest BCUT2D eigenvalue weighted by Gasteiger charge is -2.26. The molecular formula is C16H24N2O5. The number of rotatable bonds is 6. The Labute approximate surface area is 136 Å². The number of carbonyl (C=O) groups excluding carboxylic acids is 3. The van der Waals surface area contributed by atoms with Gasteiger partial charge in [-0.05, 0) is 18.9 Å². The number of aryl methyl sites for hydroxylation is 1. The highest BCUT2D eigenvalue weighted by atomic mass is 16.5. The second kappa shape index (κ2) is 7.80. The van der Waals surface area contributed by atoms with Crippen molar-refractivity contribution in [3.05, 3.63) is 23.2 Å². The topological polar surface area (TPSA) is 88.9 Å². The number of nitrogens with one attached hydrogen (secondary N) is 1. The maximum Gasteiger partial charge on any atom is 0.341 e. The summed E-state index contributed by atoms with van der Waals surface area (Å²) in [7, 11) is 2.92. The van der Waals surface area contributed by atoms with Crippen molar-refractivity contribution in [3.8, 4) is 0 Å². The zero-order valence-electron chi connectivity index (χ0n) is 14.4. The molecule has 1 heterocycles. The van der Waals surface area contributed by atoms with Gasteiger partial charge in [0.2, 0.25) is 11.8 Å². The molecule has 0 aliphatic heterocycles. The minimum absolute atomic E-state index is 0.0437. The van der Waals surface area contributed by atoms with Crippen LogP contribution in [-0.4, -0.2) is 42.9 Å². The second-order valence-electron chi connectivity index (χ2n) is 5.79. The van der Waals surface area contributed by atoms with Crippen molar-refractivity contribution in [2.45, 2.75) is 40.3 Å². The predicted octanol–water partition coefficient (Wildman–Crippen LogP) is 1.49. The van der Waals surface area contributed by atoms with E-state index in [1.165, 1.54) is 18.9 Å². The number of furan rings is 1. The van der Waals surface area contributed by atoms with E-state index in [1.807, 2.05) is 13.8 Å². The Hall–Kier alpha value is -2.31. The Kier molecular flexibility index (Phi) is 6.36. The fourth-order valence-corrected chi connectivity index (χ4v) is 2.22. The van der Waals surface area contributed by atoms with E-state index in [4.69, 9.17) is 4.42 Å². The van der Waals surface area contributed by atoms with Gasteiger partial charge in [0.1, 0.15) is 23.1 Å². The molecule has 1 N–H and O–H groups in total. The van der Waals surface area contributed by atoms with Crippen LogP contribution in [0, 0.1) is 12.8 Å². The van der Waals surface area contributed by atoms with Crippen LogP contribution < -0.4 is 5.32 Å². The van der Waals surface area contributed by atoms with Gasteiger partial charge in [0.15, 0.2) is 0 Å². The quantitative estimate of drug-likeness (QED) is 0.801. The molecule has 0 aromatic carbocycles. The molecule has 0 saturated heterocycles. The van der Waals surface area contributed by atoms with E-state index in [0.29, 0.717) is 17.1 Å². The van der Waals surface area contributed by atoms with Crippen molar-refractivity contribution >= 4 is 17.8 Å². The Balaban J connectivity index is 2.85. The minimum Gasteiger partial charge on any atom is -0.465 e. The first-order valence-corrected chi connectivity index (χ1v) is 7.37. The average Bonchev–Trinajstić information content (AvgIpc) is 2.83. The third-order valence-corrected chi connectivity index (χ3v) is 3.43. The molecule has 0 radical (unpaired) electrons. The lowest BCUT2D eigenvalue weighted by atomic mass is 10.0. The summed E-state index contributed by atoms with van der Waals surface area (Å²) >= 11 is 0. The highest BCUT2D eigenvalue weighted by Crippen LogP contribution is 2.17. The summed E-state index contributed by atoms with van der Waals surface area (Å²) in [4.78, 5) is 36.8. The number of esters is 1. The third kappa shape index (κ3) is 4.84. The average molecular weight is 324 g/mol. The molecule has 1 rings (SSSR count). The normalized spacial score (nSPS) is 12.0. The van der Waals surface area contributed by atoms with Crippen LogP contribution in [0.3, 0.4) is 0 Å². The first-order chi connectivity index (χ1) is 10.7. The number of ether oxygens (including phenoxy) is 1. The van der Waals surface area contributed by atoms with E-state index in [-0.39, 0.29) is 24.3 Å². The first kappa shape index (κ1) is 18.7. The highest BCUT2D eigenvalue weighted by molar-refractivity contribution is 5.90. The van der Waals surface area contributed by atoms with Gasteiger partial charge in [-0.2, -0.15) is 0 Å². The van der Waals surface area contributed by atoms with E-state index < -0.39 is 12.0 Å². The molecule has 1 atom stereocenters. The van der Waals surface area contributed by atoms with E-state index in [2.05, 4.69) is 10.1 Å². The Morgan fingerprint density at radius 2 is 1.96 bits per heavy atom. The molecule has 2 amide bonds. The van der Waals surface area contributed by atoms with Crippen molar-refractivity contribution in [1.82, 2.24) is 10.2 Å². The molecule has 23 heavy (non-hydrogen) atoms. The number of amides is 2. The smallest absolute Gasteiger partial charge is 0.341 e. The van der Waals surface area contributed by atoms with Crippen molar-refractivity contribution in [2.75, 3.05) is 14.2 Å². The van der Waals surface area contributed by atoms with Gasteiger partial charge in [-0.3, -0.25) is 9.59 Å². The molecule has 7 heteroatoms. The first-order valence-electron chi connectivity index (χ1n) is 7.37. The van der Waals surface area contributed by atoms with Crippen LogP contribution in [0.15, 0.2) is 10.5 Å². The molecule has 7 nitrogen and oxygen atoms in total. The lowest BCUT2D eigenvalue weighted by Crippen LogP contribution is -2.49. The summed E-state index contributed by atoms with van der Waals surface area (Å²) in [5, 5.41) is 2.65. The lowest BCUT2D eigenvalue weighted by molar-refractivity contribution is -0.136. The largest absolute Gasteiger partial charge is 0.465 e. The number of methoxy groups -OCH3 is 1. The second-order valence-corrected chi connectivity index (χ2v) is 5.79. The Bertz CT molecular complexity index is 591. The summed E-state index contributed by atoms with van der Waals surface area (Å²) in [6.07, 6.45) is 0. The molecule has 0 unspecified atom stereocenters. The van der Waals surface area contributed by atoms with Crippen molar-refractivity contribution in [3.63, 3.8) is 0 Å². The van der Waals surface area contributed by atoms with E-state index >= 15 is 0 Å². The minimum atomic E-state index is -0.603. The predicted molar refractivity (Wildman–Crippen MR) is 83.7 cm³/mol. The third-order valence-electron chi connectivity index (χ3n) is 3.43. The van der Waals surface area contributed by atoms with Crippen LogP contribution in [0.4, 0.5) is 0 Å². The van der Waals surface area contributed by atoms with Crippen LogP contribution in [0.5, 0.6) is 0 Å². The van der Waals surface area contributed by atoms with Gasteiger partial charge in [-0.1, -0.05) is 13.8 Å². The summed E-state index contributed by atoms with van der Waals surface area (Å²) < 4.78 is 10.2. The van der Waals surface area contributed by atoms with Crippen molar-refractivity contribution in [1.29, 1.82) is 0 Å². The standard InChI is InChI=1S/C16H24N2O5/c1-9(2)14(17-11(4)19)15(20)18(5)8-12-7-13(10(3)23-12)16(21)22-6/h7,9,14H,8H2,1-6H3,(H,17,19)/t14-/m1/s1. The van der Waals surface area contributed by atoms with Crippen molar-refractivity contribution in [2.24, 2.45) is 5.92 Å². The summed E-state index contributed by atoms with van der Waals surface area (Å²) in [5.41, 5.74) is 0.339. The molecule has 0 spiro atoms. The molecule has 1 aromatic rings. The van der Waals surface area contributed by atoms with Gasteiger partial charge in [0.05, 0.1) is 13.7 Å². The number of hydrogen-bond acceptors (Lipinski definition) is 5. The van der Waals surface area contributed by atoms with Gasteiger partial charge < -0.3 is 19.4 Å². The molecule has 0 saturated carbocycles. The molecule has 1 aromatic heterocycles. The Morgan fingerprint density at radius 3 is 2.43 bits per heavy atom. The summed E-state index contributed by atoms with van der Waals surface area (Å²) in [6, 6.07) is 0.960. The van der Waals surface area contributed by atoms with Gasteiger partial charge in [0.25, 0.3) is 0 Å². The van der Waals surface area contributed by atoms with Gasteiger partial charge >= 0.3 is 5.97 Å². The van der Waals surface area contributed by atoms with Crippen LogP contribution >= 0.6 is 0 Å². The zero-order chi connectivity index (χ0) is 17.7. The maximum atomic E-state index is 12.5. The molecule has 0 aliphatic carbocycles. The monoisotopic (exact) mass is 324 g/mol. The van der Waals surface area contributed by atoms with Crippen LogP contribution in [-0.2, 0) is 20.9 Å². The molecule has 0 aliphatic rings. The van der Waals surface area contributed by atoms with Gasteiger partial charge in [-0.25, -0.2) is 4.79 Å². The molecule has 128 valence electrons. The summed E-state index contributed by atoms with van der Waals surface area (Å²) in [6.45, 7) is 6.95. The molecule has 0 bridgehead atoms. The fraction of sp³-hybridized carbons (Fsp3) is 0.562. The number of nitrogens with zero attached hydrogens (tertiary/aromatic N) is 1. The maximum absolute atomic E-state index is 12.5. The van der Waals surface area contributed by atoms with Crippen molar-refractivity contribution < 1.29 is 23.5 Å². The van der Waals surface area contributed by atoms with E-state index in [0.717, 1.165) is 0 Å². The highest BCUT2D eigenvalue weighted by Gasteiger charge is 2.27.